The summed E-state index contributed by atoms with van der Waals surface area (Å²) in [4.78, 5) is 31.7. The van der Waals surface area contributed by atoms with Crippen molar-refractivity contribution in [3.63, 3.8) is 0 Å². The van der Waals surface area contributed by atoms with Gasteiger partial charge in [-0.2, -0.15) is 0 Å². The average molecular weight is 456 g/mol. The Morgan fingerprint density at radius 3 is 2.38 bits per heavy atom. The van der Waals surface area contributed by atoms with E-state index in [0.29, 0.717) is 24.8 Å². The van der Waals surface area contributed by atoms with Crippen LogP contribution in [0.25, 0.3) is 0 Å². The fourth-order valence-corrected chi connectivity index (χ4v) is 5.16. The Hall–Kier alpha value is -2.21. The Balaban J connectivity index is 1.71. The van der Waals surface area contributed by atoms with Gasteiger partial charge in [0.15, 0.2) is 0 Å². The van der Waals surface area contributed by atoms with Gasteiger partial charge in [-0.25, -0.2) is 0 Å². The molecule has 3 rings (SSSR count). The number of thioether (sulfide) groups is 1. The van der Waals surface area contributed by atoms with Crippen LogP contribution in [-0.2, 0) is 23.2 Å². The molecule has 0 radical (unpaired) electrons. The standard InChI is InChI=1S/C26H37N3O2S/c1-21(2)17-28(18-23-13-10-16-27(23)3)25(30)19-29(22-11-6-4-7-12-22)26(31)20-32-24-14-8-5-9-15-24/h5,8-10,13-16,21-22H,4,6-7,11-12,17-20H2,1-3H3. The van der Waals surface area contributed by atoms with Gasteiger partial charge in [-0.15, -0.1) is 11.8 Å². The summed E-state index contributed by atoms with van der Waals surface area (Å²) in [7, 11) is 2.01. The maximum Gasteiger partial charge on any atom is 0.242 e. The summed E-state index contributed by atoms with van der Waals surface area (Å²) in [6, 6.07) is 14.2. The Bertz CT molecular complexity index is 859. The van der Waals surface area contributed by atoms with Gasteiger partial charge in [-0.1, -0.05) is 51.3 Å². The summed E-state index contributed by atoms with van der Waals surface area (Å²) in [5.41, 5.74) is 1.11. The molecule has 1 aromatic carbocycles. The number of carbonyl (C=O) groups excluding carboxylic acids is 2. The minimum atomic E-state index is 0.0449. The quantitative estimate of drug-likeness (QED) is 0.476. The zero-order valence-corrected chi connectivity index (χ0v) is 20.5. The van der Waals surface area contributed by atoms with E-state index in [2.05, 4.69) is 24.5 Å². The van der Waals surface area contributed by atoms with Crippen LogP contribution in [0.2, 0.25) is 0 Å². The normalized spacial score (nSPS) is 14.5. The average Bonchev–Trinajstić information content (AvgIpc) is 3.20. The zero-order chi connectivity index (χ0) is 22.9. The first-order chi connectivity index (χ1) is 15.4. The number of rotatable bonds is 10. The second-order valence-electron chi connectivity index (χ2n) is 9.19. The lowest BCUT2D eigenvalue weighted by Gasteiger charge is -2.36. The van der Waals surface area contributed by atoms with Crippen molar-refractivity contribution < 1.29 is 9.59 Å². The molecule has 0 unspecified atom stereocenters. The lowest BCUT2D eigenvalue weighted by atomic mass is 9.94. The molecule has 32 heavy (non-hydrogen) atoms. The van der Waals surface area contributed by atoms with Crippen molar-refractivity contribution in [3.8, 4) is 0 Å². The molecule has 174 valence electrons. The number of benzene rings is 1. The number of amides is 2. The minimum Gasteiger partial charge on any atom is -0.353 e. The van der Waals surface area contributed by atoms with Crippen molar-refractivity contribution in [2.24, 2.45) is 13.0 Å². The molecule has 2 aromatic rings. The highest BCUT2D eigenvalue weighted by molar-refractivity contribution is 8.00. The van der Waals surface area contributed by atoms with E-state index in [-0.39, 0.29) is 24.4 Å². The third kappa shape index (κ3) is 7.16. The largest absolute Gasteiger partial charge is 0.353 e. The Kier molecular flexibility index (Phi) is 9.27. The van der Waals surface area contributed by atoms with Crippen LogP contribution in [0.4, 0.5) is 0 Å². The molecule has 1 aliphatic carbocycles. The predicted octanol–water partition coefficient (Wildman–Crippen LogP) is 4.96. The molecule has 1 aliphatic rings. The highest BCUT2D eigenvalue weighted by atomic mass is 32.2. The molecule has 5 nitrogen and oxygen atoms in total. The fourth-order valence-electron chi connectivity index (χ4n) is 4.36. The Labute approximate surface area is 197 Å². The smallest absolute Gasteiger partial charge is 0.242 e. The predicted molar refractivity (Wildman–Crippen MR) is 131 cm³/mol. The molecule has 0 N–H and O–H groups in total. The van der Waals surface area contributed by atoms with Gasteiger partial charge in [0, 0.05) is 36.4 Å². The first kappa shape index (κ1) is 24.4. The summed E-state index contributed by atoms with van der Waals surface area (Å²) < 4.78 is 2.06. The zero-order valence-electron chi connectivity index (χ0n) is 19.7. The number of nitrogens with zero attached hydrogens (tertiary/aromatic N) is 3. The first-order valence-electron chi connectivity index (χ1n) is 11.8. The lowest BCUT2D eigenvalue weighted by molar-refractivity contribution is -0.142. The van der Waals surface area contributed by atoms with E-state index in [1.807, 2.05) is 59.4 Å². The van der Waals surface area contributed by atoms with Crippen LogP contribution in [0.15, 0.2) is 53.6 Å². The van der Waals surface area contributed by atoms with E-state index in [1.165, 1.54) is 6.42 Å². The SMILES string of the molecule is CC(C)CN(Cc1cccn1C)C(=O)CN(C(=O)CSc1ccccc1)C1CCCCC1. The van der Waals surface area contributed by atoms with Crippen LogP contribution in [0.3, 0.4) is 0 Å². The van der Waals surface area contributed by atoms with Gasteiger partial charge >= 0.3 is 0 Å². The summed E-state index contributed by atoms with van der Waals surface area (Å²) in [5, 5.41) is 0. The third-order valence-electron chi connectivity index (χ3n) is 6.09. The van der Waals surface area contributed by atoms with Gasteiger partial charge < -0.3 is 14.4 Å². The topological polar surface area (TPSA) is 45.6 Å². The highest BCUT2D eigenvalue weighted by Gasteiger charge is 2.29. The monoisotopic (exact) mass is 455 g/mol. The van der Waals surface area contributed by atoms with Crippen molar-refractivity contribution in [2.45, 2.75) is 63.4 Å². The van der Waals surface area contributed by atoms with E-state index < -0.39 is 0 Å². The van der Waals surface area contributed by atoms with E-state index in [9.17, 15) is 9.59 Å². The van der Waals surface area contributed by atoms with Crippen molar-refractivity contribution in [1.82, 2.24) is 14.4 Å². The van der Waals surface area contributed by atoms with Crippen LogP contribution >= 0.6 is 11.8 Å². The second-order valence-corrected chi connectivity index (χ2v) is 10.2. The molecular weight excluding hydrogens is 418 g/mol. The van der Waals surface area contributed by atoms with Gasteiger partial charge in [0.25, 0.3) is 0 Å². The summed E-state index contributed by atoms with van der Waals surface area (Å²) >= 11 is 1.55. The number of aromatic nitrogens is 1. The van der Waals surface area contributed by atoms with E-state index in [4.69, 9.17) is 0 Å². The van der Waals surface area contributed by atoms with Crippen LogP contribution < -0.4 is 0 Å². The maximum absolute atomic E-state index is 13.5. The molecule has 1 aromatic heterocycles. The van der Waals surface area contributed by atoms with Crippen molar-refractivity contribution in [1.29, 1.82) is 0 Å². The molecule has 0 atom stereocenters. The highest BCUT2D eigenvalue weighted by Crippen LogP contribution is 2.25. The fraction of sp³-hybridized carbons (Fsp3) is 0.538. The molecule has 0 bridgehead atoms. The number of hydrogen-bond acceptors (Lipinski definition) is 3. The van der Waals surface area contributed by atoms with Crippen molar-refractivity contribution in [3.05, 3.63) is 54.4 Å². The second kappa shape index (κ2) is 12.1. The van der Waals surface area contributed by atoms with Gasteiger partial charge in [-0.05, 0) is 43.0 Å². The maximum atomic E-state index is 13.5. The third-order valence-corrected chi connectivity index (χ3v) is 7.09. The summed E-state index contributed by atoms with van der Waals surface area (Å²) in [6.45, 7) is 5.70. The van der Waals surface area contributed by atoms with Crippen LogP contribution in [0.5, 0.6) is 0 Å². The minimum absolute atomic E-state index is 0.0449. The van der Waals surface area contributed by atoms with Crippen LogP contribution in [0.1, 0.15) is 51.6 Å². The van der Waals surface area contributed by atoms with Crippen LogP contribution in [0, 0.1) is 5.92 Å². The van der Waals surface area contributed by atoms with E-state index in [1.54, 1.807) is 11.8 Å². The molecule has 1 heterocycles. The molecule has 1 fully saturated rings. The Morgan fingerprint density at radius 2 is 1.75 bits per heavy atom. The van der Waals surface area contributed by atoms with Gasteiger partial charge in [0.2, 0.25) is 11.8 Å². The van der Waals surface area contributed by atoms with Gasteiger partial charge in [0.05, 0.1) is 12.3 Å². The molecule has 6 heteroatoms. The molecule has 1 saturated carbocycles. The van der Waals surface area contributed by atoms with Gasteiger partial charge in [-0.3, -0.25) is 9.59 Å². The van der Waals surface area contributed by atoms with Crippen molar-refractivity contribution in [2.75, 3.05) is 18.8 Å². The number of hydrogen-bond donors (Lipinski definition) is 0. The first-order valence-corrected chi connectivity index (χ1v) is 12.8. The van der Waals surface area contributed by atoms with Gasteiger partial charge in [0.1, 0.15) is 6.54 Å². The molecule has 0 aliphatic heterocycles. The molecule has 2 amide bonds. The Morgan fingerprint density at radius 1 is 1.03 bits per heavy atom. The summed E-state index contributed by atoms with van der Waals surface area (Å²) in [6.07, 6.45) is 7.49. The van der Waals surface area contributed by atoms with Crippen molar-refractivity contribution >= 4 is 23.6 Å². The molecule has 0 saturated heterocycles. The molecular formula is C26H37N3O2S. The van der Waals surface area contributed by atoms with Crippen LogP contribution in [-0.4, -0.2) is 51.1 Å². The molecule has 0 spiro atoms. The van der Waals surface area contributed by atoms with E-state index in [0.717, 1.165) is 36.3 Å². The van der Waals surface area contributed by atoms with E-state index >= 15 is 0 Å². The lowest BCUT2D eigenvalue weighted by Crippen LogP contribution is -2.49. The number of carbonyl (C=O) groups is 2. The number of aryl methyl sites for hydroxylation is 1. The summed E-state index contributed by atoms with van der Waals surface area (Å²) in [5.74, 6) is 0.855.